The first-order valence-corrected chi connectivity index (χ1v) is 9.74. The smallest absolute Gasteiger partial charge is 0.227 e. The summed E-state index contributed by atoms with van der Waals surface area (Å²) in [6.07, 6.45) is 3.18. The number of likely N-dealkylation sites (tertiary alicyclic amines) is 1. The second kappa shape index (κ2) is 9.00. The Balaban J connectivity index is 1.55. The number of carbonyl (C=O) groups is 1. The number of hydrogen-bond donors (Lipinski definition) is 0. The highest BCUT2D eigenvalue weighted by atomic mass is 16.2. The highest BCUT2D eigenvalue weighted by Crippen LogP contribution is 2.21. The van der Waals surface area contributed by atoms with E-state index >= 15 is 0 Å². The monoisotopic (exact) mass is 350 g/mol. The molecule has 3 rings (SSSR count). The normalized spacial score (nSPS) is 17.8. The number of amides is 1. The molecule has 1 fully saturated rings. The molecule has 1 aliphatic heterocycles. The van der Waals surface area contributed by atoms with Crippen LogP contribution in [0, 0.1) is 5.92 Å². The van der Waals surface area contributed by atoms with Crippen LogP contribution in [0.4, 0.5) is 0 Å². The lowest BCUT2D eigenvalue weighted by molar-refractivity contribution is -0.136. The summed E-state index contributed by atoms with van der Waals surface area (Å²) in [4.78, 5) is 17.2. The van der Waals surface area contributed by atoms with E-state index in [0.29, 0.717) is 6.54 Å². The molecule has 1 aliphatic rings. The van der Waals surface area contributed by atoms with E-state index < -0.39 is 0 Å². The molecule has 0 saturated carbocycles. The Hall–Kier alpha value is -2.13. The van der Waals surface area contributed by atoms with Gasteiger partial charge in [0.15, 0.2) is 0 Å². The van der Waals surface area contributed by atoms with Crippen LogP contribution < -0.4 is 0 Å². The van der Waals surface area contributed by atoms with E-state index in [2.05, 4.69) is 48.2 Å². The fourth-order valence-corrected chi connectivity index (χ4v) is 3.79. The summed E-state index contributed by atoms with van der Waals surface area (Å²) in [7, 11) is 1.93. The van der Waals surface area contributed by atoms with Gasteiger partial charge in [-0.3, -0.25) is 9.69 Å². The van der Waals surface area contributed by atoms with E-state index in [1.165, 1.54) is 16.7 Å². The van der Waals surface area contributed by atoms with E-state index in [0.717, 1.165) is 38.9 Å². The molecule has 2 aromatic carbocycles. The molecule has 3 nitrogen and oxygen atoms in total. The van der Waals surface area contributed by atoms with Crippen molar-refractivity contribution in [2.75, 3.05) is 20.1 Å². The van der Waals surface area contributed by atoms with Crippen molar-refractivity contribution < 1.29 is 4.79 Å². The minimum absolute atomic E-state index is 0.118. The molecule has 0 spiro atoms. The lowest BCUT2D eigenvalue weighted by Crippen LogP contribution is -2.43. The minimum Gasteiger partial charge on any atom is -0.341 e. The van der Waals surface area contributed by atoms with Gasteiger partial charge >= 0.3 is 0 Å². The Labute approximate surface area is 157 Å². The minimum atomic E-state index is 0.118. The Morgan fingerprint density at radius 3 is 2.42 bits per heavy atom. The number of hydrogen-bond acceptors (Lipinski definition) is 2. The zero-order chi connectivity index (χ0) is 18.4. The first kappa shape index (κ1) is 18.7. The molecule has 0 bridgehead atoms. The molecule has 1 atom stereocenters. The Morgan fingerprint density at radius 2 is 1.73 bits per heavy atom. The van der Waals surface area contributed by atoms with Gasteiger partial charge in [0.2, 0.25) is 5.91 Å². The molecule has 0 aliphatic carbocycles. The molecule has 2 aromatic rings. The summed E-state index contributed by atoms with van der Waals surface area (Å²) in [5, 5.41) is 0. The molecule has 0 N–H and O–H groups in total. The van der Waals surface area contributed by atoms with Crippen LogP contribution in [0.3, 0.4) is 0 Å². The van der Waals surface area contributed by atoms with Gasteiger partial charge < -0.3 is 4.90 Å². The average Bonchev–Trinajstić information content (AvgIpc) is 2.69. The van der Waals surface area contributed by atoms with Crippen molar-refractivity contribution in [2.45, 2.75) is 39.3 Å². The molecule has 26 heavy (non-hydrogen) atoms. The van der Waals surface area contributed by atoms with Gasteiger partial charge in [0.1, 0.15) is 0 Å². The summed E-state index contributed by atoms with van der Waals surface area (Å²) in [6.45, 7) is 5.77. The van der Waals surface area contributed by atoms with Crippen molar-refractivity contribution in [1.82, 2.24) is 9.80 Å². The van der Waals surface area contributed by atoms with Gasteiger partial charge in [-0.05, 0) is 42.5 Å². The van der Waals surface area contributed by atoms with Crippen LogP contribution in [-0.2, 0) is 24.3 Å². The van der Waals surface area contributed by atoms with Gasteiger partial charge in [-0.1, -0.05) is 61.5 Å². The van der Waals surface area contributed by atoms with E-state index in [4.69, 9.17) is 0 Å². The quantitative estimate of drug-likeness (QED) is 0.782. The third-order valence-corrected chi connectivity index (χ3v) is 5.33. The Bertz CT molecular complexity index is 696. The maximum absolute atomic E-state index is 12.9. The summed E-state index contributed by atoms with van der Waals surface area (Å²) in [6, 6.07) is 19.1. The zero-order valence-electron chi connectivity index (χ0n) is 16.0. The highest BCUT2D eigenvalue weighted by Gasteiger charge is 2.27. The Morgan fingerprint density at radius 1 is 1.04 bits per heavy atom. The molecule has 3 heteroatoms. The topological polar surface area (TPSA) is 23.6 Å². The van der Waals surface area contributed by atoms with Crippen molar-refractivity contribution in [1.29, 1.82) is 0 Å². The van der Waals surface area contributed by atoms with Crippen LogP contribution in [0.15, 0.2) is 54.6 Å². The standard InChI is InChI=1S/C23H30N2O/c1-3-19-11-13-21(14-12-19)17-25-15-7-10-22(18-25)23(26)24(2)16-20-8-5-4-6-9-20/h4-6,8-9,11-14,22H,3,7,10,15-18H2,1-2H3/t22-/m1/s1. The first-order valence-electron chi connectivity index (χ1n) is 9.74. The number of piperidine rings is 1. The fraction of sp³-hybridized carbons (Fsp3) is 0.435. The van der Waals surface area contributed by atoms with Gasteiger partial charge in [0.05, 0.1) is 5.92 Å². The van der Waals surface area contributed by atoms with Gasteiger partial charge in [0.25, 0.3) is 0 Å². The van der Waals surface area contributed by atoms with Crippen molar-refractivity contribution in [2.24, 2.45) is 5.92 Å². The SMILES string of the molecule is CCc1ccc(CN2CCC[C@@H](C(=O)N(C)Cc3ccccc3)C2)cc1. The predicted octanol–water partition coefficient (Wildman–Crippen LogP) is 4.12. The summed E-state index contributed by atoms with van der Waals surface area (Å²) in [5.74, 6) is 0.396. The first-order chi connectivity index (χ1) is 12.7. The fourth-order valence-electron chi connectivity index (χ4n) is 3.79. The maximum Gasteiger partial charge on any atom is 0.227 e. The number of nitrogens with zero attached hydrogens (tertiary/aromatic N) is 2. The van der Waals surface area contributed by atoms with Gasteiger partial charge in [-0.15, -0.1) is 0 Å². The van der Waals surface area contributed by atoms with Crippen molar-refractivity contribution >= 4 is 5.91 Å². The zero-order valence-corrected chi connectivity index (χ0v) is 16.0. The van der Waals surface area contributed by atoms with Crippen LogP contribution >= 0.6 is 0 Å². The molecule has 138 valence electrons. The number of carbonyl (C=O) groups excluding carboxylic acids is 1. The third kappa shape index (κ3) is 4.95. The van der Waals surface area contributed by atoms with Crippen LogP contribution in [0.1, 0.15) is 36.5 Å². The van der Waals surface area contributed by atoms with E-state index in [1.54, 1.807) is 0 Å². The number of aryl methyl sites for hydroxylation is 1. The van der Waals surface area contributed by atoms with Crippen LogP contribution in [-0.4, -0.2) is 35.8 Å². The van der Waals surface area contributed by atoms with Crippen LogP contribution in [0.2, 0.25) is 0 Å². The molecule has 1 saturated heterocycles. The van der Waals surface area contributed by atoms with Crippen LogP contribution in [0.5, 0.6) is 0 Å². The molecule has 1 heterocycles. The number of rotatable bonds is 6. The second-order valence-corrected chi connectivity index (χ2v) is 7.42. The van der Waals surface area contributed by atoms with Gasteiger partial charge in [-0.2, -0.15) is 0 Å². The summed E-state index contributed by atoms with van der Waals surface area (Å²) in [5.41, 5.74) is 3.91. The molecule has 0 unspecified atom stereocenters. The van der Waals surface area contributed by atoms with E-state index in [-0.39, 0.29) is 11.8 Å². The molecule has 0 aromatic heterocycles. The largest absolute Gasteiger partial charge is 0.341 e. The second-order valence-electron chi connectivity index (χ2n) is 7.42. The maximum atomic E-state index is 12.9. The lowest BCUT2D eigenvalue weighted by Gasteiger charge is -2.34. The predicted molar refractivity (Wildman–Crippen MR) is 107 cm³/mol. The van der Waals surface area contributed by atoms with Crippen molar-refractivity contribution in [3.63, 3.8) is 0 Å². The average molecular weight is 351 g/mol. The molecular weight excluding hydrogens is 320 g/mol. The summed E-state index contributed by atoms with van der Waals surface area (Å²) < 4.78 is 0. The van der Waals surface area contributed by atoms with Crippen LogP contribution in [0.25, 0.3) is 0 Å². The molecular formula is C23H30N2O. The van der Waals surface area contributed by atoms with E-state index in [1.807, 2.05) is 30.1 Å². The van der Waals surface area contributed by atoms with Crippen molar-refractivity contribution in [3.8, 4) is 0 Å². The van der Waals surface area contributed by atoms with E-state index in [9.17, 15) is 4.79 Å². The Kier molecular flexibility index (Phi) is 6.45. The van der Waals surface area contributed by atoms with Crippen molar-refractivity contribution in [3.05, 3.63) is 71.3 Å². The highest BCUT2D eigenvalue weighted by molar-refractivity contribution is 5.78. The summed E-state index contributed by atoms with van der Waals surface area (Å²) >= 11 is 0. The van der Waals surface area contributed by atoms with Gasteiger partial charge in [-0.25, -0.2) is 0 Å². The third-order valence-electron chi connectivity index (χ3n) is 5.33. The van der Waals surface area contributed by atoms with Gasteiger partial charge in [0, 0.05) is 26.7 Å². The molecule has 0 radical (unpaired) electrons. The molecule has 1 amide bonds. The number of benzene rings is 2. The lowest BCUT2D eigenvalue weighted by atomic mass is 9.96.